The van der Waals surface area contributed by atoms with Crippen molar-refractivity contribution in [1.82, 2.24) is 19.8 Å². The first-order valence-corrected chi connectivity index (χ1v) is 15.6. The molecule has 0 bridgehead atoms. The number of likely N-dealkylation sites (N-methyl/N-ethyl adjacent to an activating group) is 1. The van der Waals surface area contributed by atoms with Gasteiger partial charge in [0.25, 0.3) is 0 Å². The molecule has 232 valence electrons. The van der Waals surface area contributed by atoms with E-state index in [9.17, 15) is 14.7 Å². The first-order valence-electron chi connectivity index (χ1n) is 14.4. The number of aliphatic hydroxyl groups excluding tert-OH is 1. The second-order valence-corrected chi connectivity index (χ2v) is 12.4. The Morgan fingerprint density at radius 3 is 2.73 bits per heavy atom. The van der Waals surface area contributed by atoms with Crippen molar-refractivity contribution in [1.29, 1.82) is 0 Å². The highest BCUT2D eigenvalue weighted by molar-refractivity contribution is 7.19. The Morgan fingerprint density at radius 1 is 1.18 bits per heavy atom. The van der Waals surface area contributed by atoms with Crippen LogP contribution in [0, 0.1) is 0 Å². The third kappa shape index (κ3) is 7.40. The maximum Gasteiger partial charge on any atom is 0.224 e. The van der Waals surface area contributed by atoms with Gasteiger partial charge in [0.2, 0.25) is 11.3 Å². The Morgan fingerprint density at radius 2 is 1.95 bits per heavy atom. The number of carbonyl (C=O) groups excluding carboxylic acids is 1. The number of hydrogen-bond donors (Lipinski definition) is 3. The number of benzene rings is 2. The highest BCUT2D eigenvalue weighted by Crippen LogP contribution is 2.32. The summed E-state index contributed by atoms with van der Waals surface area (Å²) in [7, 11) is 5.46. The minimum absolute atomic E-state index is 0.0280. The van der Waals surface area contributed by atoms with Gasteiger partial charge in [-0.1, -0.05) is 41.9 Å². The van der Waals surface area contributed by atoms with Gasteiger partial charge in [-0.15, -0.1) is 11.3 Å². The summed E-state index contributed by atoms with van der Waals surface area (Å²) in [6.07, 6.45) is 2.87. The number of fused-ring (bicyclic) bond motifs is 2. The molecule has 1 amide bonds. The van der Waals surface area contributed by atoms with Gasteiger partial charge in [-0.05, 0) is 30.8 Å². The van der Waals surface area contributed by atoms with Crippen LogP contribution in [0.5, 0.6) is 0 Å². The highest BCUT2D eigenvalue weighted by atomic mass is 35.5. The maximum absolute atomic E-state index is 13.7. The topological polar surface area (TPSA) is 109 Å². The molecule has 1 unspecified atom stereocenters. The summed E-state index contributed by atoms with van der Waals surface area (Å²) in [5.41, 5.74) is 4.74. The zero-order valence-corrected chi connectivity index (χ0v) is 26.6. The van der Waals surface area contributed by atoms with E-state index < -0.39 is 6.10 Å². The fourth-order valence-electron chi connectivity index (χ4n) is 5.36. The van der Waals surface area contributed by atoms with Crippen LogP contribution in [0.4, 0.5) is 0 Å². The van der Waals surface area contributed by atoms with Crippen LogP contribution in [0.2, 0.25) is 5.02 Å². The zero-order valence-electron chi connectivity index (χ0n) is 25.1. The lowest BCUT2D eigenvalue weighted by Gasteiger charge is -2.20. The van der Waals surface area contributed by atoms with Crippen molar-refractivity contribution >= 4 is 50.0 Å². The van der Waals surface area contributed by atoms with E-state index in [-0.39, 0.29) is 17.8 Å². The zero-order chi connectivity index (χ0) is 31.2. The summed E-state index contributed by atoms with van der Waals surface area (Å²) < 4.78 is 13.6. The van der Waals surface area contributed by atoms with Crippen LogP contribution in [0.25, 0.3) is 21.1 Å². The average molecular weight is 637 g/mol. The number of H-pyrrole nitrogens is 1. The number of aliphatic hydroxyl groups is 1. The number of aryl methyl sites for hydroxylation is 1. The molecule has 0 spiro atoms. The smallest absolute Gasteiger partial charge is 0.224 e. The van der Waals surface area contributed by atoms with Crippen LogP contribution in [-0.4, -0.2) is 59.4 Å². The van der Waals surface area contributed by atoms with Crippen molar-refractivity contribution in [2.45, 2.75) is 32.2 Å². The number of para-hydroxylation sites is 1. The normalized spacial score (nSPS) is 12.4. The Labute approximate surface area is 265 Å². The molecule has 0 fully saturated rings. The van der Waals surface area contributed by atoms with Gasteiger partial charge in [0.1, 0.15) is 0 Å². The number of thiophene rings is 1. The second-order valence-electron chi connectivity index (χ2n) is 10.9. The number of amides is 1. The van der Waals surface area contributed by atoms with E-state index in [4.69, 9.17) is 21.1 Å². The summed E-state index contributed by atoms with van der Waals surface area (Å²) >= 11 is 7.37. The summed E-state index contributed by atoms with van der Waals surface area (Å²) in [5, 5.41) is 15.6. The number of aromatic amines is 1. The fraction of sp³-hybridized carbons (Fsp3) is 0.333. The van der Waals surface area contributed by atoms with Crippen LogP contribution in [0.1, 0.15) is 33.2 Å². The maximum atomic E-state index is 13.7. The summed E-state index contributed by atoms with van der Waals surface area (Å²) in [6.45, 7) is 2.45. The molecule has 0 aliphatic heterocycles. The van der Waals surface area contributed by atoms with Gasteiger partial charge in [-0.3, -0.25) is 14.5 Å². The van der Waals surface area contributed by atoms with E-state index in [1.165, 1.54) is 11.3 Å². The molecule has 1 atom stereocenters. The third-order valence-corrected chi connectivity index (χ3v) is 9.03. The number of pyridine rings is 1. The molecule has 3 N–H and O–H groups in total. The molecular formula is C33H37ClN4O5S. The van der Waals surface area contributed by atoms with Crippen molar-refractivity contribution in [2.75, 3.05) is 33.9 Å². The monoisotopic (exact) mass is 636 g/mol. The van der Waals surface area contributed by atoms with Crippen molar-refractivity contribution in [3.63, 3.8) is 0 Å². The minimum Gasteiger partial charge on any atom is -0.387 e. The number of methoxy groups -OCH3 is 1. The van der Waals surface area contributed by atoms with Gasteiger partial charge in [0.05, 0.1) is 42.6 Å². The van der Waals surface area contributed by atoms with Crippen molar-refractivity contribution in [2.24, 2.45) is 7.05 Å². The molecular weight excluding hydrogens is 600 g/mol. The van der Waals surface area contributed by atoms with E-state index in [0.29, 0.717) is 54.7 Å². The molecule has 9 nitrogen and oxygen atoms in total. The Balaban J connectivity index is 1.36. The van der Waals surface area contributed by atoms with E-state index >= 15 is 0 Å². The molecule has 5 aromatic rings. The lowest BCUT2D eigenvalue weighted by atomic mass is 10.1. The van der Waals surface area contributed by atoms with Gasteiger partial charge < -0.3 is 29.4 Å². The molecule has 5 rings (SSSR count). The predicted molar refractivity (Wildman–Crippen MR) is 175 cm³/mol. The molecule has 0 radical (unpaired) electrons. The number of rotatable bonds is 14. The Bertz CT molecular complexity index is 1800. The number of nitrogens with zero attached hydrogens (tertiary/aromatic N) is 2. The number of aromatic nitrogens is 2. The Hall–Kier alpha value is -3.51. The van der Waals surface area contributed by atoms with Crippen LogP contribution in [-0.2, 0) is 47.4 Å². The first kappa shape index (κ1) is 31.9. The molecule has 3 heterocycles. The lowest BCUT2D eigenvalue weighted by Crippen LogP contribution is -2.27. The Kier molecular flexibility index (Phi) is 10.5. The first-order chi connectivity index (χ1) is 21.2. The third-order valence-electron chi connectivity index (χ3n) is 7.57. The molecule has 11 heteroatoms. The SMILES string of the molecule is COCCOCc1c(CN(C)CC(O)c2c[nH]c3ccccc23)sc2c(=O)c(CC(=O)NCc3ccc(Cl)cc3)cn(C)c12. The van der Waals surface area contributed by atoms with Crippen LogP contribution < -0.4 is 10.7 Å². The summed E-state index contributed by atoms with van der Waals surface area (Å²) in [6, 6.07) is 15.2. The van der Waals surface area contributed by atoms with Crippen LogP contribution >= 0.6 is 22.9 Å². The lowest BCUT2D eigenvalue weighted by molar-refractivity contribution is -0.120. The van der Waals surface area contributed by atoms with Gasteiger partial charge in [-0.25, -0.2) is 0 Å². The van der Waals surface area contributed by atoms with Crippen LogP contribution in [0.3, 0.4) is 0 Å². The minimum atomic E-state index is -0.698. The summed E-state index contributed by atoms with van der Waals surface area (Å²) in [4.78, 5) is 32.8. The molecule has 0 aliphatic rings. The van der Waals surface area contributed by atoms with E-state index in [1.54, 1.807) is 25.4 Å². The highest BCUT2D eigenvalue weighted by Gasteiger charge is 2.22. The van der Waals surface area contributed by atoms with Gasteiger partial charge >= 0.3 is 0 Å². The number of hydrogen-bond acceptors (Lipinski definition) is 7. The second kappa shape index (κ2) is 14.5. The molecule has 0 saturated carbocycles. The molecule has 44 heavy (non-hydrogen) atoms. The average Bonchev–Trinajstić information content (AvgIpc) is 3.60. The van der Waals surface area contributed by atoms with Gasteiger partial charge in [0, 0.05) is 83.7 Å². The quantitative estimate of drug-likeness (QED) is 0.149. The summed E-state index contributed by atoms with van der Waals surface area (Å²) in [5.74, 6) is -0.234. The van der Waals surface area contributed by atoms with E-state index in [0.717, 1.165) is 38.0 Å². The molecule has 0 aliphatic carbocycles. The fourth-order valence-corrected chi connectivity index (χ4v) is 6.89. The van der Waals surface area contributed by atoms with E-state index in [1.807, 2.05) is 66.2 Å². The largest absolute Gasteiger partial charge is 0.387 e. The van der Waals surface area contributed by atoms with Gasteiger partial charge in [-0.2, -0.15) is 0 Å². The molecule has 2 aromatic carbocycles. The molecule has 3 aromatic heterocycles. The standard InChI is InChI=1S/C33H37ClN4O5S/c1-37(18-28(39)25-16-35-27-7-5-4-6-24(25)27)19-29-26(20-43-13-12-42-3)31-33(44-29)32(41)22(17-38(31)2)14-30(40)36-15-21-8-10-23(34)11-9-21/h4-11,16-17,28,35,39H,12-15,18-20H2,1-3H3,(H,36,40). The van der Waals surface area contributed by atoms with Crippen molar-refractivity contribution in [3.8, 4) is 0 Å². The van der Waals surface area contributed by atoms with Crippen molar-refractivity contribution in [3.05, 3.63) is 103 Å². The van der Waals surface area contributed by atoms with E-state index in [2.05, 4.69) is 10.3 Å². The number of ether oxygens (including phenoxy) is 2. The number of halogens is 1. The predicted octanol–water partition coefficient (Wildman–Crippen LogP) is 4.92. The van der Waals surface area contributed by atoms with Crippen molar-refractivity contribution < 1.29 is 19.4 Å². The molecule has 0 saturated heterocycles. The van der Waals surface area contributed by atoms with Crippen LogP contribution in [0.15, 0.2) is 65.7 Å². The number of carbonyl (C=O) groups is 1. The van der Waals surface area contributed by atoms with Gasteiger partial charge in [0.15, 0.2) is 0 Å². The number of nitrogens with one attached hydrogen (secondary N) is 2.